The highest BCUT2D eigenvalue weighted by Gasteiger charge is 2.31. The molecule has 1 amide bonds. The minimum atomic E-state index is -4.40. The van der Waals surface area contributed by atoms with Gasteiger partial charge in [0.15, 0.2) is 0 Å². The summed E-state index contributed by atoms with van der Waals surface area (Å²) in [5, 5.41) is 2.89. The number of likely N-dealkylation sites (N-methyl/N-ethyl adjacent to an activating group) is 1. The van der Waals surface area contributed by atoms with Crippen LogP contribution in [-0.2, 0) is 24.6 Å². The number of likely N-dealkylation sites (tertiary alicyclic amines) is 1. The molecule has 5 nitrogen and oxygen atoms in total. The molecule has 26 heavy (non-hydrogen) atoms. The highest BCUT2D eigenvalue weighted by atomic mass is 19.4. The number of halogens is 3. The summed E-state index contributed by atoms with van der Waals surface area (Å²) in [6, 6.07) is 3.37. The van der Waals surface area contributed by atoms with Crippen LogP contribution in [0.5, 0.6) is 0 Å². The van der Waals surface area contributed by atoms with Gasteiger partial charge in [-0.25, -0.2) is 4.98 Å². The van der Waals surface area contributed by atoms with Crippen LogP contribution >= 0.6 is 0 Å². The van der Waals surface area contributed by atoms with Crippen molar-refractivity contribution in [3.05, 3.63) is 29.6 Å². The molecule has 1 fully saturated rings. The van der Waals surface area contributed by atoms with Crippen LogP contribution in [0.3, 0.4) is 0 Å². The van der Waals surface area contributed by atoms with Gasteiger partial charge in [-0.1, -0.05) is 13.3 Å². The summed E-state index contributed by atoms with van der Waals surface area (Å²) in [6.07, 6.45) is -1.44. The third-order valence-corrected chi connectivity index (χ3v) is 5.04. The molecule has 0 spiro atoms. The van der Waals surface area contributed by atoms with E-state index < -0.39 is 11.7 Å². The molecule has 2 aromatic rings. The van der Waals surface area contributed by atoms with Gasteiger partial charge in [-0.3, -0.25) is 9.69 Å². The number of hydrogen-bond acceptors (Lipinski definition) is 3. The van der Waals surface area contributed by atoms with Crippen LogP contribution in [0.4, 0.5) is 13.2 Å². The second-order valence-corrected chi connectivity index (χ2v) is 6.65. The molecule has 1 saturated heterocycles. The topological polar surface area (TPSA) is 50.2 Å². The van der Waals surface area contributed by atoms with Gasteiger partial charge >= 0.3 is 6.18 Å². The molecule has 1 aromatic heterocycles. The number of amides is 1. The Labute approximate surface area is 150 Å². The largest absolute Gasteiger partial charge is 0.416 e. The fourth-order valence-corrected chi connectivity index (χ4v) is 3.53. The van der Waals surface area contributed by atoms with E-state index in [9.17, 15) is 18.0 Å². The summed E-state index contributed by atoms with van der Waals surface area (Å²) in [4.78, 5) is 18.9. The summed E-state index contributed by atoms with van der Waals surface area (Å²) in [5.41, 5.74) is 0.161. The van der Waals surface area contributed by atoms with Crippen LogP contribution in [0.1, 0.15) is 37.6 Å². The molecule has 8 heteroatoms. The maximum absolute atomic E-state index is 12.9. The summed E-state index contributed by atoms with van der Waals surface area (Å²) < 4.78 is 40.3. The van der Waals surface area contributed by atoms with Gasteiger partial charge in [-0.15, -0.1) is 0 Å². The minimum absolute atomic E-state index is 0.0467. The SMILES string of the molecule is CCN1CCCC[C@H]1C(=O)NCc1nc2cc(C(F)(F)F)ccc2n1C. The zero-order valence-electron chi connectivity index (χ0n) is 14.9. The molecule has 0 saturated carbocycles. The fourth-order valence-electron chi connectivity index (χ4n) is 3.53. The number of alkyl halides is 3. The molecule has 3 rings (SSSR count). The maximum atomic E-state index is 12.9. The lowest BCUT2D eigenvalue weighted by Gasteiger charge is -2.33. The number of aromatic nitrogens is 2. The van der Waals surface area contributed by atoms with Crippen LogP contribution in [0.2, 0.25) is 0 Å². The van der Waals surface area contributed by atoms with Crippen molar-refractivity contribution in [3.63, 3.8) is 0 Å². The molecule has 2 heterocycles. The van der Waals surface area contributed by atoms with E-state index in [1.54, 1.807) is 11.6 Å². The van der Waals surface area contributed by atoms with E-state index in [0.29, 0.717) is 11.3 Å². The van der Waals surface area contributed by atoms with Gasteiger partial charge in [0.1, 0.15) is 5.82 Å². The van der Waals surface area contributed by atoms with Crippen molar-refractivity contribution in [1.29, 1.82) is 0 Å². The summed E-state index contributed by atoms with van der Waals surface area (Å²) in [5.74, 6) is 0.487. The molecule has 1 N–H and O–H groups in total. The number of aryl methyl sites for hydroxylation is 1. The van der Waals surface area contributed by atoms with Crippen molar-refractivity contribution in [3.8, 4) is 0 Å². The van der Waals surface area contributed by atoms with Crippen LogP contribution < -0.4 is 5.32 Å². The van der Waals surface area contributed by atoms with E-state index in [1.807, 2.05) is 6.92 Å². The molecule has 0 bridgehead atoms. The van der Waals surface area contributed by atoms with Gasteiger partial charge in [-0.2, -0.15) is 13.2 Å². The first-order chi connectivity index (χ1) is 12.3. The van der Waals surface area contributed by atoms with Crippen molar-refractivity contribution >= 4 is 16.9 Å². The number of benzene rings is 1. The number of imidazole rings is 1. The fraction of sp³-hybridized carbons (Fsp3) is 0.556. The van der Waals surface area contributed by atoms with Crippen molar-refractivity contribution in [2.75, 3.05) is 13.1 Å². The van der Waals surface area contributed by atoms with Gasteiger partial charge in [0.05, 0.1) is 29.2 Å². The van der Waals surface area contributed by atoms with Crippen LogP contribution in [-0.4, -0.2) is 39.5 Å². The Morgan fingerprint density at radius 2 is 2.12 bits per heavy atom. The molecule has 1 atom stereocenters. The molecule has 1 aliphatic rings. The number of carbonyl (C=O) groups excluding carboxylic acids is 1. The Morgan fingerprint density at radius 3 is 2.81 bits per heavy atom. The van der Waals surface area contributed by atoms with Crippen LogP contribution in [0.15, 0.2) is 18.2 Å². The Hall–Kier alpha value is -2.09. The zero-order chi connectivity index (χ0) is 18.9. The monoisotopic (exact) mass is 368 g/mol. The van der Waals surface area contributed by atoms with E-state index >= 15 is 0 Å². The average molecular weight is 368 g/mol. The third-order valence-electron chi connectivity index (χ3n) is 5.04. The van der Waals surface area contributed by atoms with Gasteiger partial charge in [-0.05, 0) is 44.1 Å². The number of nitrogens with zero attached hydrogens (tertiary/aromatic N) is 3. The van der Waals surface area contributed by atoms with Crippen LogP contribution in [0, 0.1) is 0 Å². The lowest BCUT2D eigenvalue weighted by Crippen LogP contribution is -2.49. The predicted octanol–water partition coefficient (Wildman–Crippen LogP) is 3.08. The number of nitrogens with one attached hydrogen (secondary N) is 1. The third kappa shape index (κ3) is 3.70. The number of hydrogen-bond donors (Lipinski definition) is 1. The molecular formula is C18H23F3N4O. The lowest BCUT2D eigenvalue weighted by atomic mass is 10.0. The molecule has 1 aromatic carbocycles. The molecule has 0 unspecified atom stereocenters. The Bertz CT molecular complexity index is 800. The number of fused-ring (bicyclic) bond motifs is 1. The average Bonchev–Trinajstić information content (AvgIpc) is 2.94. The van der Waals surface area contributed by atoms with Gasteiger partial charge in [0, 0.05) is 7.05 Å². The second-order valence-electron chi connectivity index (χ2n) is 6.65. The first kappa shape index (κ1) is 18.7. The van der Waals surface area contributed by atoms with Crippen molar-refractivity contribution in [2.24, 2.45) is 7.05 Å². The normalized spacial score (nSPS) is 19.0. The maximum Gasteiger partial charge on any atom is 0.416 e. The van der Waals surface area contributed by atoms with Gasteiger partial charge < -0.3 is 9.88 Å². The minimum Gasteiger partial charge on any atom is -0.348 e. The smallest absolute Gasteiger partial charge is 0.348 e. The quantitative estimate of drug-likeness (QED) is 0.902. The van der Waals surface area contributed by atoms with Crippen molar-refractivity contribution < 1.29 is 18.0 Å². The van der Waals surface area contributed by atoms with Crippen LogP contribution in [0.25, 0.3) is 11.0 Å². The molecule has 142 valence electrons. The van der Waals surface area contributed by atoms with E-state index in [4.69, 9.17) is 0 Å². The van der Waals surface area contributed by atoms with Gasteiger partial charge in [0.25, 0.3) is 0 Å². The van der Waals surface area contributed by atoms with Crippen molar-refractivity contribution in [1.82, 2.24) is 19.8 Å². The summed E-state index contributed by atoms with van der Waals surface area (Å²) in [7, 11) is 1.74. The Morgan fingerprint density at radius 1 is 1.35 bits per heavy atom. The summed E-state index contributed by atoms with van der Waals surface area (Å²) >= 11 is 0. The number of carbonyl (C=O) groups is 1. The zero-order valence-corrected chi connectivity index (χ0v) is 14.9. The Kier molecular flexibility index (Phi) is 5.22. The Balaban J connectivity index is 1.74. The van der Waals surface area contributed by atoms with E-state index in [-0.39, 0.29) is 24.0 Å². The van der Waals surface area contributed by atoms with Crippen molar-refractivity contribution in [2.45, 2.75) is 44.9 Å². The van der Waals surface area contributed by atoms with E-state index in [0.717, 1.165) is 44.5 Å². The van der Waals surface area contributed by atoms with E-state index in [1.165, 1.54) is 6.07 Å². The number of piperidine rings is 1. The summed E-state index contributed by atoms with van der Waals surface area (Å²) in [6.45, 7) is 3.97. The highest BCUT2D eigenvalue weighted by molar-refractivity contribution is 5.82. The number of rotatable bonds is 4. The first-order valence-electron chi connectivity index (χ1n) is 8.85. The molecule has 0 radical (unpaired) electrons. The van der Waals surface area contributed by atoms with Gasteiger partial charge in [0.2, 0.25) is 5.91 Å². The lowest BCUT2D eigenvalue weighted by molar-refractivity contribution is -0.137. The predicted molar refractivity (Wildman–Crippen MR) is 92.4 cm³/mol. The first-order valence-corrected chi connectivity index (χ1v) is 8.85. The molecule has 1 aliphatic heterocycles. The standard InChI is InChI=1S/C18H23F3N4O/c1-3-25-9-5-4-6-15(25)17(26)22-11-16-23-13-10-12(18(19,20)21)7-8-14(13)24(16)2/h7-8,10,15H,3-6,9,11H2,1-2H3,(H,22,26)/t15-/m0/s1. The molecular weight excluding hydrogens is 345 g/mol. The van der Waals surface area contributed by atoms with E-state index in [2.05, 4.69) is 15.2 Å². The molecule has 0 aliphatic carbocycles. The second kappa shape index (κ2) is 7.26. The highest BCUT2D eigenvalue weighted by Crippen LogP contribution is 2.31.